The first-order chi connectivity index (χ1) is 10.7. The lowest BCUT2D eigenvalue weighted by molar-refractivity contribution is -0.128. The first kappa shape index (κ1) is 15.8. The van der Waals surface area contributed by atoms with E-state index in [-0.39, 0.29) is 5.91 Å². The van der Waals surface area contributed by atoms with Gasteiger partial charge < -0.3 is 4.90 Å². The fourth-order valence-electron chi connectivity index (χ4n) is 2.28. The minimum atomic E-state index is 0.167. The highest BCUT2D eigenvalue weighted by Gasteiger charge is 2.22. The highest BCUT2D eigenvalue weighted by Crippen LogP contribution is 2.36. The van der Waals surface area contributed by atoms with Gasteiger partial charge in [0.1, 0.15) is 0 Å². The number of hydrogen-bond acceptors (Lipinski definition) is 7. The van der Waals surface area contributed by atoms with Crippen LogP contribution >= 0.6 is 34.9 Å². The van der Waals surface area contributed by atoms with Gasteiger partial charge in [-0.3, -0.25) is 4.79 Å². The molecule has 0 spiro atoms. The minimum Gasteiger partial charge on any atom is -0.341 e. The van der Waals surface area contributed by atoms with Crippen LogP contribution in [0, 0.1) is 0 Å². The predicted molar refractivity (Wildman–Crippen MR) is 90.2 cm³/mol. The van der Waals surface area contributed by atoms with Crippen molar-refractivity contribution in [2.45, 2.75) is 16.8 Å². The van der Waals surface area contributed by atoms with Crippen molar-refractivity contribution in [3.05, 3.63) is 22.4 Å². The van der Waals surface area contributed by atoms with Gasteiger partial charge >= 0.3 is 0 Å². The Kier molecular flexibility index (Phi) is 5.37. The number of nitrogens with zero attached hydrogens (tertiary/aromatic N) is 5. The number of carbonyl (C=O) groups excluding carboxylic acids is 1. The first-order valence-corrected chi connectivity index (χ1v) is 9.93. The van der Waals surface area contributed by atoms with Crippen molar-refractivity contribution in [1.29, 1.82) is 0 Å². The molecule has 22 heavy (non-hydrogen) atoms. The van der Waals surface area contributed by atoms with Crippen molar-refractivity contribution in [2.75, 3.05) is 24.6 Å². The van der Waals surface area contributed by atoms with Gasteiger partial charge in [-0.05, 0) is 28.3 Å². The summed E-state index contributed by atoms with van der Waals surface area (Å²) in [5.41, 5.74) is 0. The van der Waals surface area contributed by atoms with Gasteiger partial charge in [-0.2, -0.15) is 11.8 Å². The van der Waals surface area contributed by atoms with Gasteiger partial charge in [0.25, 0.3) is 0 Å². The predicted octanol–water partition coefficient (Wildman–Crippen LogP) is 2.07. The molecule has 1 saturated heterocycles. The molecule has 118 valence electrons. The Labute approximate surface area is 141 Å². The molecule has 0 radical (unpaired) electrons. The smallest absolute Gasteiger partial charge is 0.233 e. The zero-order valence-corrected chi connectivity index (χ0v) is 14.7. The van der Waals surface area contributed by atoms with E-state index in [9.17, 15) is 4.79 Å². The maximum Gasteiger partial charge on any atom is 0.233 e. The van der Waals surface area contributed by atoms with Crippen molar-refractivity contribution in [3.63, 3.8) is 0 Å². The molecule has 0 bridgehead atoms. The number of aromatic nitrogens is 4. The van der Waals surface area contributed by atoms with Gasteiger partial charge in [-0.1, -0.05) is 17.8 Å². The number of thiophene rings is 1. The van der Waals surface area contributed by atoms with Crippen LogP contribution in [0.3, 0.4) is 0 Å². The van der Waals surface area contributed by atoms with Crippen LogP contribution in [0.1, 0.15) is 16.5 Å². The van der Waals surface area contributed by atoms with Gasteiger partial charge in [-0.25, -0.2) is 4.68 Å². The van der Waals surface area contributed by atoms with Crippen LogP contribution < -0.4 is 0 Å². The van der Waals surface area contributed by atoms with E-state index in [2.05, 4.69) is 33.0 Å². The molecule has 0 saturated carbocycles. The SMILES string of the molecule is Cn1nnnc1SCC(=O)N1CCSC(c2cccs2)CC1. The number of thioether (sulfide) groups is 2. The fourth-order valence-corrected chi connectivity index (χ4v) is 5.27. The normalized spacial score (nSPS) is 19.1. The average molecular weight is 356 g/mol. The molecule has 3 heterocycles. The summed E-state index contributed by atoms with van der Waals surface area (Å²) in [6, 6.07) is 4.29. The Morgan fingerprint density at radius 3 is 3.14 bits per heavy atom. The third-order valence-corrected chi connectivity index (χ3v) is 6.90. The monoisotopic (exact) mass is 355 g/mol. The summed E-state index contributed by atoms with van der Waals surface area (Å²) in [7, 11) is 1.78. The summed E-state index contributed by atoms with van der Waals surface area (Å²) < 4.78 is 1.59. The van der Waals surface area contributed by atoms with Crippen LogP contribution in [0.5, 0.6) is 0 Å². The van der Waals surface area contributed by atoms with E-state index >= 15 is 0 Å². The lowest BCUT2D eigenvalue weighted by Gasteiger charge is -2.19. The van der Waals surface area contributed by atoms with Gasteiger partial charge in [-0.15, -0.1) is 16.4 Å². The van der Waals surface area contributed by atoms with E-state index in [1.807, 2.05) is 16.7 Å². The van der Waals surface area contributed by atoms with Crippen molar-refractivity contribution >= 4 is 40.8 Å². The number of tetrazole rings is 1. The molecular weight excluding hydrogens is 338 g/mol. The fraction of sp³-hybridized carbons (Fsp3) is 0.538. The molecule has 1 fully saturated rings. The van der Waals surface area contributed by atoms with Gasteiger partial charge in [0.2, 0.25) is 11.1 Å². The third kappa shape index (κ3) is 3.82. The largest absolute Gasteiger partial charge is 0.341 e. The van der Waals surface area contributed by atoms with Gasteiger partial charge in [0.05, 0.1) is 5.75 Å². The topological polar surface area (TPSA) is 63.9 Å². The number of hydrogen-bond donors (Lipinski definition) is 0. The molecule has 9 heteroatoms. The molecule has 6 nitrogen and oxygen atoms in total. The number of carbonyl (C=O) groups is 1. The molecule has 1 aliphatic heterocycles. The van der Waals surface area contributed by atoms with E-state index in [4.69, 9.17) is 0 Å². The number of rotatable bonds is 4. The maximum atomic E-state index is 12.4. The van der Waals surface area contributed by atoms with Gasteiger partial charge in [0.15, 0.2) is 0 Å². The molecule has 0 N–H and O–H groups in total. The Morgan fingerprint density at radius 1 is 1.50 bits per heavy atom. The molecule has 3 rings (SSSR count). The van der Waals surface area contributed by atoms with Crippen molar-refractivity contribution in [1.82, 2.24) is 25.1 Å². The summed E-state index contributed by atoms with van der Waals surface area (Å²) in [4.78, 5) is 15.8. The molecule has 2 aromatic rings. The Balaban J connectivity index is 1.52. The van der Waals surface area contributed by atoms with Crippen LogP contribution in [0.4, 0.5) is 0 Å². The quantitative estimate of drug-likeness (QED) is 0.783. The molecule has 1 unspecified atom stereocenters. The Bertz CT molecular complexity index is 615. The standard InChI is InChI=1S/C13H17N5OS3/c1-17-13(14-15-16-17)22-9-12(19)18-5-4-11(21-8-6-18)10-3-2-7-20-10/h2-3,7,11H,4-6,8-9H2,1H3. The zero-order chi connectivity index (χ0) is 15.4. The first-order valence-electron chi connectivity index (χ1n) is 7.02. The second-order valence-corrected chi connectivity index (χ2v) is 8.15. The van der Waals surface area contributed by atoms with Crippen LogP contribution in [-0.2, 0) is 11.8 Å². The average Bonchev–Trinajstić information content (AvgIpc) is 3.12. The Morgan fingerprint density at radius 2 is 2.41 bits per heavy atom. The van der Waals surface area contributed by atoms with Crippen LogP contribution in [0.15, 0.2) is 22.7 Å². The van der Waals surface area contributed by atoms with Gasteiger partial charge in [0, 0.05) is 36.0 Å². The third-order valence-electron chi connectivity index (χ3n) is 3.46. The summed E-state index contributed by atoms with van der Waals surface area (Å²) in [6.45, 7) is 1.65. The number of aryl methyl sites for hydroxylation is 1. The van der Waals surface area contributed by atoms with E-state index in [0.717, 1.165) is 25.3 Å². The van der Waals surface area contributed by atoms with E-state index < -0.39 is 0 Å². The summed E-state index contributed by atoms with van der Waals surface area (Å²) >= 11 is 5.15. The second-order valence-electron chi connectivity index (χ2n) is 4.92. The molecule has 2 aromatic heterocycles. The highest BCUT2D eigenvalue weighted by molar-refractivity contribution is 8.00. The Hall–Kier alpha value is -1.06. The van der Waals surface area contributed by atoms with Crippen molar-refractivity contribution in [2.24, 2.45) is 7.05 Å². The van der Waals surface area contributed by atoms with Crippen molar-refractivity contribution < 1.29 is 4.79 Å². The molecule has 0 aliphatic carbocycles. The second kappa shape index (κ2) is 7.47. The summed E-state index contributed by atoms with van der Waals surface area (Å²) in [5, 5.41) is 14.6. The zero-order valence-electron chi connectivity index (χ0n) is 12.2. The van der Waals surface area contributed by atoms with Crippen LogP contribution in [-0.4, -0.2) is 55.6 Å². The minimum absolute atomic E-state index is 0.167. The molecule has 1 atom stereocenters. The molecule has 1 aliphatic rings. The lowest BCUT2D eigenvalue weighted by Crippen LogP contribution is -2.34. The maximum absolute atomic E-state index is 12.4. The number of amides is 1. The van der Waals surface area contributed by atoms with Crippen molar-refractivity contribution in [3.8, 4) is 0 Å². The van der Waals surface area contributed by atoms with E-state index in [1.165, 1.54) is 16.6 Å². The highest BCUT2D eigenvalue weighted by atomic mass is 32.2. The summed E-state index contributed by atoms with van der Waals surface area (Å²) in [6.07, 6.45) is 1.02. The van der Waals surface area contributed by atoms with Crippen LogP contribution in [0.2, 0.25) is 0 Å². The van der Waals surface area contributed by atoms with E-state index in [1.54, 1.807) is 23.1 Å². The lowest BCUT2D eigenvalue weighted by atomic mass is 10.2. The molecule has 0 aromatic carbocycles. The van der Waals surface area contributed by atoms with E-state index in [0.29, 0.717) is 16.2 Å². The van der Waals surface area contributed by atoms with Crippen LogP contribution in [0.25, 0.3) is 0 Å². The molecule has 1 amide bonds. The summed E-state index contributed by atoms with van der Waals surface area (Å²) in [5.74, 6) is 1.55. The molecular formula is C13H17N5OS3.